The maximum absolute atomic E-state index is 13.4. The van der Waals surface area contributed by atoms with E-state index in [0.29, 0.717) is 16.5 Å². The third-order valence-corrected chi connectivity index (χ3v) is 3.83. The molecule has 2 aromatic rings. The van der Waals surface area contributed by atoms with Crippen LogP contribution in [0.15, 0.2) is 24.3 Å². The van der Waals surface area contributed by atoms with Gasteiger partial charge < -0.3 is 5.32 Å². The Labute approximate surface area is 117 Å². The van der Waals surface area contributed by atoms with Crippen molar-refractivity contribution in [1.29, 1.82) is 0 Å². The quantitative estimate of drug-likeness (QED) is 0.911. The second-order valence-corrected chi connectivity index (χ2v) is 5.43. The van der Waals surface area contributed by atoms with Crippen LogP contribution in [0, 0.1) is 12.7 Å². The maximum atomic E-state index is 13.4. The number of hydrogen-bond acceptors (Lipinski definition) is 2. The average molecular weight is 272 g/mol. The number of hydrogen-bond donors (Lipinski definition) is 1. The smallest absolute Gasteiger partial charge is 0.252 e. The van der Waals surface area contributed by atoms with Crippen molar-refractivity contribution >= 4 is 16.8 Å². The van der Waals surface area contributed by atoms with Crippen LogP contribution in [0.25, 0.3) is 10.9 Å². The van der Waals surface area contributed by atoms with Crippen molar-refractivity contribution in [2.24, 2.45) is 0 Å². The number of pyridine rings is 1. The molecule has 1 heterocycles. The largest absolute Gasteiger partial charge is 0.349 e. The van der Waals surface area contributed by atoms with E-state index in [1.807, 2.05) is 6.92 Å². The Morgan fingerprint density at radius 2 is 2.05 bits per heavy atom. The van der Waals surface area contributed by atoms with Crippen molar-refractivity contribution in [3.8, 4) is 0 Å². The molecule has 20 heavy (non-hydrogen) atoms. The molecule has 1 aliphatic rings. The predicted molar refractivity (Wildman–Crippen MR) is 76.2 cm³/mol. The summed E-state index contributed by atoms with van der Waals surface area (Å²) >= 11 is 0. The number of amides is 1. The van der Waals surface area contributed by atoms with Gasteiger partial charge in [-0.2, -0.15) is 0 Å². The number of aryl methyl sites for hydroxylation is 1. The van der Waals surface area contributed by atoms with Crippen LogP contribution in [-0.4, -0.2) is 16.9 Å². The van der Waals surface area contributed by atoms with E-state index < -0.39 is 0 Å². The molecule has 1 fully saturated rings. The number of nitrogens with zero attached hydrogens (tertiary/aromatic N) is 1. The molecule has 0 spiro atoms. The Morgan fingerprint density at radius 1 is 1.30 bits per heavy atom. The van der Waals surface area contributed by atoms with Gasteiger partial charge in [0.1, 0.15) is 5.82 Å². The Balaban J connectivity index is 2.00. The lowest BCUT2D eigenvalue weighted by molar-refractivity contribution is 0.0939. The van der Waals surface area contributed by atoms with Crippen molar-refractivity contribution in [3.05, 3.63) is 41.3 Å². The minimum atomic E-state index is -0.349. The van der Waals surface area contributed by atoms with Crippen molar-refractivity contribution in [3.63, 3.8) is 0 Å². The topological polar surface area (TPSA) is 42.0 Å². The van der Waals surface area contributed by atoms with Crippen LogP contribution in [0.2, 0.25) is 0 Å². The lowest BCUT2D eigenvalue weighted by atomic mass is 10.1. The normalized spacial score (nSPS) is 15.7. The minimum absolute atomic E-state index is 0.127. The number of aromatic nitrogens is 1. The molecule has 1 saturated carbocycles. The van der Waals surface area contributed by atoms with Crippen molar-refractivity contribution in [2.45, 2.75) is 38.6 Å². The first-order valence-corrected chi connectivity index (χ1v) is 7.01. The van der Waals surface area contributed by atoms with Gasteiger partial charge >= 0.3 is 0 Å². The van der Waals surface area contributed by atoms with Crippen LogP contribution in [0.1, 0.15) is 41.7 Å². The molecular formula is C16H17FN2O. The first-order chi connectivity index (χ1) is 9.63. The second kappa shape index (κ2) is 5.19. The second-order valence-electron chi connectivity index (χ2n) is 5.43. The van der Waals surface area contributed by atoms with Gasteiger partial charge in [-0.15, -0.1) is 0 Å². The first-order valence-electron chi connectivity index (χ1n) is 7.01. The fourth-order valence-electron chi connectivity index (χ4n) is 2.85. The van der Waals surface area contributed by atoms with Gasteiger partial charge in [0.15, 0.2) is 0 Å². The van der Waals surface area contributed by atoms with E-state index >= 15 is 0 Å². The summed E-state index contributed by atoms with van der Waals surface area (Å²) in [7, 11) is 0. The third-order valence-electron chi connectivity index (χ3n) is 3.83. The number of nitrogens with one attached hydrogen (secondary N) is 1. The molecule has 0 radical (unpaired) electrons. The van der Waals surface area contributed by atoms with Gasteiger partial charge in [-0.1, -0.05) is 12.8 Å². The fraction of sp³-hybridized carbons (Fsp3) is 0.375. The van der Waals surface area contributed by atoms with E-state index in [1.54, 1.807) is 12.1 Å². The van der Waals surface area contributed by atoms with E-state index in [-0.39, 0.29) is 17.8 Å². The number of rotatable bonds is 2. The average Bonchev–Trinajstić information content (AvgIpc) is 2.91. The molecule has 1 amide bonds. The first kappa shape index (κ1) is 13.0. The van der Waals surface area contributed by atoms with Crippen molar-refractivity contribution in [2.75, 3.05) is 0 Å². The summed E-state index contributed by atoms with van der Waals surface area (Å²) in [5, 5.41) is 3.62. The Kier molecular flexibility index (Phi) is 3.38. The van der Waals surface area contributed by atoms with Gasteiger partial charge in [0.2, 0.25) is 0 Å². The summed E-state index contributed by atoms with van der Waals surface area (Å²) in [6, 6.07) is 6.34. The van der Waals surface area contributed by atoms with Crippen LogP contribution in [0.5, 0.6) is 0 Å². The van der Waals surface area contributed by atoms with E-state index in [0.717, 1.165) is 31.4 Å². The highest BCUT2D eigenvalue weighted by Gasteiger charge is 2.19. The number of fused-ring (bicyclic) bond motifs is 1. The molecule has 1 aromatic heterocycles. The summed E-state index contributed by atoms with van der Waals surface area (Å²) in [5.74, 6) is -0.476. The maximum Gasteiger partial charge on any atom is 0.252 e. The molecule has 0 atom stereocenters. The molecule has 1 aromatic carbocycles. The van der Waals surface area contributed by atoms with Crippen LogP contribution >= 0.6 is 0 Å². The highest BCUT2D eigenvalue weighted by atomic mass is 19.1. The van der Waals surface area contributed by atoms with Gasteiger partial charge in [-0.05, 0) is 44.0 Å². The Bertz CT molecular complexity index is 663. The predicted octanol–water partition coefficient (Wildman–Crippen LogP) is 3.35. The number of benzene rings is 1. The molecule has 0 unspecified atom stereocenters. The monoisotopic (exact) mass is 272 g/mol. The van der Waals surface area contributed by atoms with Crippen molar-refractivity contribution in [1.82, 2.24) is 10.3 Å². The van der Waals surface area contributed by atoms with E-state index in [4.69, 9.17) is 0 Å². The zero-order valence-electron chi connectivity index (χ0n) is 11.4. The fourth-order valence-corrected chi connectivity index (χ4v) is 2.85. The molecular weight excluding hydrogens is 255 g/mol. The van der Waals surface area contributed by atoms with Crippen LogP contribution in [0.3, 0.4) is 0 Å². The van der Waals surface area contributed by atoms with E-state index in [1.165, 1.54) is 12.1 Å². The summed E-state index contributed by atoms with van der Waals surface area (Å²) < 4.78 is 13.4. The lowest BCUT2D eigenvalue weighted by Gasteiger charge is -2.13. The summed E-state index contributed by atoms with van der Waals surface area (Å²) in [5.41, 5.74) is 1.93. The van der Waals surface area contributed by atoms with E-state index in [9.17, 15) is 9.18 Å². The SMILES string of the molecule is Cc1cc(C(=O)NC2CCCC2)c2cc(F)ccc2n1. The molecule has 3 rings (SSSR count). The zero-order valence-corrected chi connectivity index (χ0v) is 11.4. The molecule has 4 heteroatoms. The summed E-state index contributed by atoms with van der Waals surface area (Å²) in [6.07, 6.45) is 4.38. The number of halogens is 1. The van der Waals surface area contributed by atoms with Crippen LogP contribution in [-0.2, 0) is 0 Å². The molecule has 104 valence electrons. The van der Waals surface area contributed by atoms with Gasteiger partial charge in [-0.3, -0.25) is 9.78 Å². The standard InChI is InChI=1S/C16H17FN2O/c1-10-8-14(16(20)19-12-4-2-3-5-12)13-9-11(17)6-7-15(13)18-10/h6-9,12H,2-5H2,1H3,(H,19,20). The Morgan fingerprint density at radius 3 is 2.80 bits per heavy atom. The summed E-state index contributed by atoms with van der Waals surface area (Å²) in [6.45, 7) is 1.84. The molecule has 0 bridgehead atoms. The van der Waals surface area contributed by atoms with Gasteiger partial charge in [0.05, 0.1) is 11.1 Å². The van der Waals surface area contributed by atoms with E-state index in [2.05, 4.69) is 10.3 Å². The van der Waals surface area contributed by atoms with Crippen LogP contribution < -0.4 is 5.32 Å². The van der Waals surface area contributed by atoms with Gasteiger partial charge in [0.25, 0.3) is 5.91 Å². The molecule has 1 N–H and O–H groups in total. The zero-order chi connectivity index (χ0) is 14.1. The number of carbonyl (C=O) groups is 1. The van der Waals surface area contributed by atoms with Crippen molar-refractivity contribution < 1.29 is 9.18 Å². The van der Waals surface area contributed by atoms with Gasteiger partial charge in [0, 0.05) is 17.1 Å². The van der Waals surface area contributed by atoms with Gasteiger partial charge in [-0.25, -0.2) is 4.39 Å². The van der Waals surface area contributed by atoms with Crippen LogP contribution in [0.4, 0.5) is 4.39 Å². The molecule has 1 aliphatic carbocycles. The minimum Gasteiger partial charge on any atom is -0.349 e. The molecule has 0 saturated heterocycles. The lowest BCUT2D eigenvalue weighted by Crippen LogP contribution is -2.32. The summed E-state index contributed by atoms with van der Waals surface area (Å²) in [4.78, 5) is 16.8. The number of carbonyl (C=O) groups excluding carboxylic acids is 1. The highest BCUT2D eigenvalue weighted by Crippen LogP contribution is 2.22. The highest BCUT2D eigenvalue weighted by molar-refractivity contribution is 6.06. The molecule has 3 nitrogen and oxygen atoms in total. The molecule has 0 aliphatic heterocycles. The third kappa shape index (κ3) is 2.50. The Hall–Kier alpha value is -1.97.